The molecule has 0 aliphatic heterocycles. The molecule has 0 aliphatic carbocycles. The largest absolute Gasteiger partial charge is 0.453 e. The lowest BCUT2D eigenvalue weighted by Gasteiger charge is -2.14. The number of hydrogen-bond donors (Lipinski definition) is 1. The van der Waals surface area contributed by atoms with Crippen LogP contribution in [0.1, 0.15) is 30.8 Å². The summed E-state index contributed by atoms with van der Waals surface area (Å²) in [5.41, 5.74) is 6.65. The molecule has 1 aromatic heterocycles. The zero-order valence-corrected chi connectivity index (χ0v) is 14.3. The number of anilines is 1. The zero-order valence-electron chi connectivity index (χ0n) is 12.7. The van der Waals surface area contributed by atoms with Gasteiger partial charge in [-0.25, -0.2) is 8.42 Å². The molecule has 0 saturated carbocycles. The maximum atomic E-state index is 12.8. The Labute approximate surface area is 140 Å². The average Bonchev–Trinajstić information content (AvgIpc) is 2.86. The lowest BCUT2D eigenvalue weighted by molar-refractivity contribution is -0.144. The van der Waals surface area contributed by atoms with Crippen LogP contribution in [0.3, 0.4) is 0 Å². The van der Waals surface area contributed by atoms with Gasteiger partial charge in [-0.1, -0.05) is 19.9 Å². The van der Waals surface area contributed by atoms with E-state index >= 15 is 0 Å². The number of nitrogens with two attached hydrogens (primary N) is 1. The van der Waals surface area contributed by atoms with E-state index < -0.39 is 27.0 Å². The third kappa shape index (κ3) is 3.48. The Morgan fingerprint density at radius 1 is 1.21 bits per heavy atom. The number of aromatic nitrogens is 3. The SMILES string of the molecule is CCc1cc(CC)c(S(=O)(=O)Cl)cc1-n1nc(C(F)(F)F)nc1N. The molecule has 0 bridgehead atoms. The van der Waals surface area contributed by atoms with Crippen LogP contribution in [0.25, 0.3) is 5.69 Å². The second-order valence-electron chi connectivity index (χ2n) is 4.94. The van der Waals surface area contributed by atoms with Gasteiger partial charge in [0, 0.05) is 10.7 Å². The molecule has 0 saturated heterocycles. The van der Waals surface area contributed by atoms with Crippen LogP contribution in [-0.4, -0.2) is 23.2 Å². The number of nitrogens with zero attached hydrogens (tertiary/aromatic N) is 3. The van der Waals surface area contributed by atoms with Crippen molar-refractivity contribution in [2.24, 2.45) is 0 Å². The van der Waals surface area contributed by atoms with E-state index in [9.17, 15) is 21.6 Å². The van der Waals surface area contributed by atoms with Crippen molar-refractivity contribution in [3.05, 3.63) is 29.1 Å². The molecular weight excluding hydrogens is 369 g/mol. The molecule has 2 aromatic rings. The summed E-state index contributed by atoms with van der Waals surface area (Å²) >= 11 is 0. The second-order valence-corrected chi connectivity index (χ2v) is 7.47. The normalized spacial score (nSPS) is 12.6. The Hall–Kier alpha value is -1.81. The van der Waals surface area contributed by atoms with Gasteiger partial charge >= 0.3 is 6.18 Å². The lowest BCUT2D eigenvalue weighted by Crippen LogP contribution is -2.11. The Morgan fingerprint density at radius 2 is 1.79 bits per heavy atom. The third-order valence-corrected chi connectivity index (χ3v) is 4.80. The summed E-state index contributed by atoms with van der Waals surface area (Å²) in [6.45, 7) is 3.51. The van der Waals surface area contributed by atoms with Gasteiger partial charge < -0.3 is 5.73 Å². The molecule has 6 nitrogen and oxygen atoms in total. The van der Waals surface area contributed by atoms with E-state index in [0.717, 1.165) is 4.68 Å². The van der Waals surface area contributed by atoms with Crippen molar-refractivity contribution in [3.63, 3.8) is 0 Å². The summed E-state index contributed by atoms with van der Waals surface area (Å²) in [7, 11) is 1.34. The first-order chi connectivity index (χ1) is 11.0. The number of benzene rings is 1. The lowest BCUT2D eigenvalue weighted by atomic mass is 10.0. The van der Waals surface area contributed by atoms with Gasteiger partial charge in [0.15, 0.2) is 0 Å². The number of aryl methyl sites for hydroxylation is 2. The molecule has 0 atom stereocenters. The number of hydrogen-bond acceptors (Lipinski definition) is 5. The van der Waals surface area contributed by atoms with E-state index in [0.29, 0.717) is 24.0 Å². The fourth-order valence-corrected chi connectivity index (χ4v) is 3.47. The van der Waals surface area contributed by atoms with Gasteiger partial charge in [-0.3, -0.25) is 0 Å². The van der Waals surface area contributed by atoms with Crippen molar-refractivity contribution in [2.45, 2.75) is 37.8 Å². The maximum absolute atomic E-state index is 12.8. The summed E-state index contributed by atoms with van der Waals surface area (Å²) in [6, 6.07) is 2.74. The predicted molar refractivity (Wildman–Crippen MR) is 82.6 cm³/mol. The molecule has 2 N–H and O–H groups in total. The molecule has 11 heteroatoms. The minimum Gasteiger partial charge on any atom is -0.368 e. The van der Waals surface area contributed by atoms with Crippen molar-refractivity contribution in [1.82, 2.24) is 14.8 Å². The maximum Gasteiger partial charge on any atom is 0.453 e. The summed E-state index contributed by atoms with van der Waals surface area (Å²) in [5.74, 6) is -1.91. The Bertz CT molecular complexity index is 878. The molecule has 0 radical (unpaired) electrons. The van der Waals surface area contributed by atoms with Gasteiger partial charge in [0.2, 0.25) is 5.95 Å². The van der Waals surface area contributed by atoms with Gasteiger partial charge in [0.25, 0.3) is 14.9 Å². The monoisotopic (exact) mass is 382 g/mol. The van der Waals surface area contributed by atoms with Gasteiger partial charge in [-0.15, -0.1) is 5.10 Å². The summed E-state index contributed by atoms with van der Waals surface area (Å²) < 4.78 is 62.5. The van der Waals surface area contributed by atoms with Crippen LogP contribution in [0.4, 0.5) is 19.1 Å². The van der Waals surface area contributed by atoms with Gasteiger partial charge in [-0.05, 0) is 30.0 Å². The van der Waals surface area contributed by atoms with E-state index in [1.807, 2.05) is 0 Å². The fourth-order valence-electron chi connectivity index (χ4n) is 2.27. The van der Waals surface area contributed by atoms with Crippen LogP contribution >= 0.6 is 10.7 Å². The van der Waals surface area contributed by atoms with Gasteiger partial charge in [0.05, 0.1) is 10.6 Å². The average molecular weight is 383 g/mol. The molecular formula is C13H14ClF3N4O2S. The molecule has 0 spiro atoms. The fraction of sp³-hybridized carbons (Fsp3) is 0.385. The topological polar surface area (TPSA) is 90.9 Å². The minimum atomic E-state index is -4.77. The van der Waals surface area contributed by atoms with Crippen molar-refractivity contribution >= 4 is 25.7 Å². The van der Waals surface area contributed by atoms with Gasteiger partial charge in [0.1, 0.15) is 0 Å². The van der Waals surface area contributed by atoms with E-state index in [-0.39, 0.29) is 10.6 Å². The molecule has 24 heavy (non-hydrogen) atoms. The highest BCUT2D eigenvalue weighted by molar-refractivity contribution is 8.13. The Kier molecular flexibility index (Phi) is 4.82. The Morgan fingerprint density at radius 3 is 2.21 bits per heavy atom. The van der Waals surface area contributed by atoms with Crippen molar-refractivity contribution in [1.29, 1.82) is 0 Å². The van der Waals surface area contributed by atoms with Crippen LogP contribution in [0.5, 0.6) is 0 Å². The standard InChI is InChI=1S/C13H14ClF3N4O2S/c1-3-7-5-8(4-2)10(24(14,22)23)6-9(7)21-12(18)19-11(20-21)13(15,16)17/h5-6H,3-4H2,1-2H3,(H2,18,19,20). The minimum absolute atomic E-state index is 0.0921. The highest BCUT2D eigenvalue weighted by Crippen LogP contribution is 2.31. The zero-order chi connectivity index (χ0) is 18.3. The van der Waals surface area contributed by atoms with Gasteiger partial charge in [-0.2, -0.15) is 22.8 Å². The first-order valence-electron chi connectivity index (χ1n) is 6.89. The second kappa shape index (κ2) is 6.25. The van der Waals surface area contributed by atoms with E-state index in [4.69, 9.17) is 16.4 Å². The molecule has 0 fully saturated rings. The molecule has 132 valence electrons. The Balaban J connectivity index is 2.77. The molecule has 1 heterocycles. The summed E-state index contributed by atoms with van der Waals surface area (Å²) in [6.07, 6.45) is -3.96. The van der Waals surface area contributed by atoms with E-state index in [1.54, 1.807) is 19.9 Å². The quantitative estimate of drug-likeness (QED) is 0.821. The van der Waals surface area contributed by atoms with E-state index in [1.165, 1.54) is 6.07 Å². The summed E-state index contributed by atoms with van der Waals surface area (Å²) in [4.78, 5) is 3.00. The number of rotatable bonds is 4. The number of halogens is 4. The molecule has 0 amide bonds. The molecule has 2 rings (SSSR count). The van der Waals surface area contributed by atoms with Crippen LogP contribution in [-0.2, 0) is 28.1 Å². The highest BCUT2D eigenvalue weighted by atomic mass is 35.7. The summed E-state index contributed by atoms with van der Waals surface area (Å²) in [5, 5.41) is 3.36. The number of nitrogen functional groups attached to an aromatic ring is 1. The van der Waals surface area contributed by atoms with Crippen LogP contribution < -0.4 is 5.73 Å². The highest BCUT2D eigenvalue weighted by Gasteiger charge is 2.37. The number of alkyl halides is 3. The third-order valence-electron chi connectivity index (χ3n) is 3.40. The van der Waals surface area contributed by atoms with E-state index in [2.05, 4.69) is 10.1 Å². The van der Waals surface area contributed by atoms with Crippen molar-refractivity contribution in [3.8, 4) is 5.69 Å². The smallest absolute Gasteiger partial charge is 0.368 e. The molecule has 1 aromatic carbocycles. The van der Waals surface area contributed by atoms with Crippen LogP contribution in [0.2, 0.25) is 0 Å². The molecule has 0 unspecified atom stereocenters. The first-order valence-corrected chi connectivity index (χ1v) is 9.20. The molecule has 0 aliphatic rings. The first kappa shape index (κ1) is 18.5. The van der Waals surface area contributed by atoms with Crippen molar-refractivity contribution in [2.75, 3.05) is 5.73 Å². The van der Waals surface area contributed by atoms with Crippen molar-refractivity contribution < 1.29 is 21.6 Å². The predicted octanol–water partition coefficient (Wildman–Crippen LogP) is 2.92. The van der Waals surface area contributed by atoms with Crippen LogP contribution in [0.15, 0.2) is 17.0 Å². The van der Waals surface area contributed by atoms with Crippen LogP contribution in [0, 0.1) is 0 Å².